The second-order valence-corrected chi connectivity index (χ2v) is 5.56. The molecule has 3 rings (SSSR count). The van der Waals surface area contributed by atoms with Gasteiger partial charge in [0.2, 0.25) is 5.82 Å². The zero-order chi connectivity index (χ0) is 16.2. The molecule has 8 nitrogen and oxygen atoms in total. The number of carbonyl (C=O) groups excluding carboxylic acids is 1. The fourth-order valence-electron chi connectivity index (χ4n) is 1.93. The van der Waals surface area contributed by atoms with Crippen LogP contribution in [0.15, 0.2) is 34.8 Å². The molecule has 0 saturated heterocycles. The van der Waals surface area contributed by atoms with Crippen LogP contribution in [0, 0.1) is 0 Å². The van der Waals surface area contributed by atoms with E-state index in [1.165, 1.54) is 4.80 Å². The summed E-state index contributed by atoms with van der Waals surface area (Å²) < 4.78 is 5.88. The largest absolute Gasteiger partial charge is 0.461 e. The van der Waals surface area contributed by atoms with Crippen molar-refractivity contribution >= 4 is 21.9 Å². The van der Waals surface area contributed by atoms with Crippen molar-refractivity contribution in [1.82, 2.24) is 30.4 Å². The van der Waals surface area contributed by atoms with Crippen LogP contribution >= 0.6 is 15.9 Å². The summed E-state index contributed by atoms with van der Waals surface area (Å²) in [5, 5.41) is 19.0. The first-order chi connectivity index (χ1) is 11.2. The van der Waals surface area contributed by atoms with E-state index in [1.807, 2.05) is 24.3 Å². The van der Waals surface area contributed by atoms with E-state index in [1.54, 1.807) is 13.0 Å². The molecule has 1 aromatic carbocycles. The predicted molar refractivity (Wildman–Crippen MR) is 84.6 cm³/mol. The van der Waals surface area contributed by atoms with Gasteiger partial charge in [-0.15, -0.1) is 10.2 Å². The van der Waals surface area contributed by atoms with E-state index in [-0.39, 0.29) is 0 Å². The van der Waals surface area contributed by atoms with E-state index in [4.69, 9.17) is 4.74 Å². The molecule has 9 heteroatoms. The number of aromatic nitrogens is 6. The summed E-state index contributed by atoms with van der Waals surface area (Å²) in [7, 11) is 0. The molecule has 0 amide bonds. The summed E-state index contributed by atoms with van der Waals surface area (Å²) in [6.07, 6.45) is 0. The van der Waals surface area contributed by atoms with Gasteiger partial charge in [0, 0.05) is 10.0 Å². The minimum Gasteiger partial charge on any atom is -0.461 e. The fraction of sp³-hybridized carbons (Fsp3) is 0.214. The molecule has 0 unspecified atom stereocenters. The summed E-state index contributed by atoms with van der Waals surface area (Å²) in [6, 6.07) is 9.24. The molecule has 0 radical (unpaired) electrons. The first kappa shape index (κ1) is 15.3. The van der Waals surface area contributed by atoms with Gasteiger partial charge < -0.3 is 4.74 Å². The maximum absolute atomic E-state index is 11.6. The highest BCUT2D eigenvalue weighted by atomic mass is 79.9. The smallest absolute Gasteiger partial charge is 0.356 e. The molecule has 0 fully saturated rings. The van der Waals surface area contributed by atoms with Crippen LogP contribution in [0.5, 0.6) is 0 Å². The number of ether oxygens (including phenoxy) is 1. The average Bonchev–Trinajstić information content (AvgIpc) is 3.18. The van der Waals surface area contributed by atoms with Gasteiger partial charge >= 0.3 is 5.97 Å². The summed E-state index contributed by atoms with van der Waals surface area (Å²) in [4.78, 5) is 13.0. The van der Waals surface area contributed by atoms with Crippen molar-refractivity contribution in [2.24, 2.45) is 0 Å². The van der Waals surface area contributed by atoms with Crippen molar-refractivity contribution in [3.8, 4) is 11.4 Å². The number of nitrogens with zero attached hydrogens (tertiary/aromatic N) is 5. The Morgan fingerprint density at radius 3 is 2.87 bits per heavy atom. The van der Waals surface area contributed by atoms with Gasteiger partial charge in [0.25, 0.3) is 0 Å². The van der Waals surface area contributed by atoms with Gasteiger partial charge in [0.15, 0.2) is 0 Å². The van der Waals surface area contributed by atoms with E-state index < -0.39 is 5.97 Å². The lowest BCUT2D eigenvalue weighted by atomic mass is 10.2. The number of tetrazole rings is 1. The number of rotatable bonds is 5. The molecule has 23 heavy (non-hydrogen) atoms. The van der Waals surface area contributed by atoms with Crippen LogP contribution < -0.4 is 0 Å². The van der Waals surface area contributed by atoms with Gasteiger partial charge in [0.05, 0.1) is 12.3 Å². The number of hydrogen-bond acceptors (Lipinski definition) is 6. The van der Waals surface area contributed by atoms with E-state index >= 15 is 0 Å². The summed E-state index contributed by atoms with van der Waals surface area (Å²) in [5.74, 6) is 0.0898. The molecule has 2 heterocycles. The van der Waals surface area contributed by atoms with Gasteiger partial charge in [-0.3, -0.25) is 5.10 Å². The maximum Gasteiger partial charge on any atom is 0.356 e. The van der Waals surface area contributed by atoms with E-state index in [0.717, 1.165) is 10.0 Å². The molecular formula is C14H13BrN6O2. The maximum atomic E-state index is 11.6. The Balaban J connectivity index is 1.72. The molecule has 0 atom stereocenters. The lowest BCUT2D eigenvalue weighted by molar-refractivity contribution is 0.0519. The normalized spacial score (nSPS) is 10.7. The van der Waals surface area contributed by atoms with Crippen LogP contribution in [0.2, 0.25) is 0 Å². The Morgan fingerprint density at radius 2 is 2.13 bits per heavy atom. The SMILES string of the molecule is CCOC(=O)c1cc(Cn2nnc(-c3ccc(Br)cc3)n2)n[nH]1. The third kappa shape index (κ3) is 3.62. The van der Waals surface area contributed by atoms with Crippen molar-refractivity contribution in [1.29, 1.82) is 0 Å². The number of benzene rings is 1. The molecule has 3 aromatic rings. The zero-order valence-electron chi connectivity index (χ0n) is 12.2. The third-order valence-electron chi connectivity index (χ3n) is 2.98. The fourth-order valence-corrected chi connectivity index (χ4v) is 2.19. The monoisotopic (exact) mass is 376 g/mol. The number of carbonyl (C=O) groups is 1. The highest BCUT2D eigenvalue weighted by Gasteiger charge is 2.12. The molecule has 1 N–H and O–H groups in total. The quantitative estimate of drug-likeness (QED) is 0.684. The number of hydrogen-bond donors (Lipinski definition) is 1. The first-order valence-electron chi connectivity index (χ1n) is 6.91. The Hall–Kier alpha value is -2.55. The molecule has 0 aliphatic rings. The van der Waals surface area contributed by atoms with Gasteiger partial charge in [-0.2, -0.15) is 9.90 Å². The third-order valence-corrected chi connectivity index (χ3v) is 3.51. The molecule has 0 aliphatic heterocycles. The van der Waals surface area contributed by atoms with Gasteiger partial charge in [-0.05, 0) is 42.5 Å². The standard InChI is InChI=1S/C14H13BrN6O2/c1-2-23-14(22)12-7-11(16-17-12)8-21-19-13(18-20-21)9-3-5-10(15)6-4-9/h3-7H,2,8H2,1H3,(H,16,17). The lowest BCUT2D eigenvalue weighted by Crippen LogP contribution is -2.05. The van der Waals surface area contributed by atoms with Crippen LogP contribution in [-0.4, -0.2) is 43.0 Å². The Kier molecular flexibility index (Phi) is 4.47. The van der Waals surface area contributed by atoms with E-state index in [9.17, 15) is 4.79 Å². The molecule has 118 valence electrons. The topological polar surface area (TPSA) is 98.6 Å². The van der Waals surface area contributed by atoms with E-state index in [0.29, 0.717) is 30.4 Å². The minimum atomic E-state index is -0.437. The number of H-pyrrole nitrogens is 1. The highest BCUT2D eigenvalue weighted by molar-refractivity contribution is 9.10. The second-order valence-electron chi connectivity index (χ2n) is 4.64. The van der Waals surface area contributed by atoms with Gasteiger partial charge in [0.1, 0.15) is 12.2 Å². The number of halogens is 1. The summed E-state index contributed by atoms with van der Waals surface area (Å²) in [6.45, 7) is 2.37. The predicted octanol–water partition coefficient (Wildman–Crippen LogP) is 2.05. The molecule has 0 spiro atoms. The van der Waals surface area contributed by atoms with Gasteiger partial charge in [-0.25, -0.2) is 4.79 Å². The number of esters is 1. The Labute approximate surface area is 140 Å². The van der Waals surface area contributed by atoms with Crippen LogP contribution in [0.1, 0.15) is 23.1 Å². The number of aromatic amines is 1. The van der Waals surface area contributed by atoms with E-state index in [2.05, 4.69) is 41.5 Å². The minimum absolute atomic E-state index is 0.301. The van der Waals surface area contributed by atoms with Crippen molar-refractivity contribution in [2.45, 2.75) is 13.5 Å². The van der Waals surface area contributed by atoms with Crippen LogP contribution in [-0.2, 0) is 11.3 Å². The van der Waals surface area contributed by atoms with Crippen molar-refractivity contribution in [3.63, 3.8) is 0 Å². The summed E-state index contributed by atoms with van der Waals surface area (Å²) in [5.41, 5.74) is 1.79. The van der Waals surface area contributed by atoms with Crippen LogP contribution in [0.25, 0.3) is 11.4 Å². The lowest BCUT2D eigenvalue weighted by Gasteiger charge is -1.96. The average molecular weight is 377 g/mol. The first-order valence-corrected chi connectivity index (χ1v) is 7.70. The molecular weight excluding hydrogens is 364 g/mol. The highest BCUT2D eigenvalue weighted by Crippen LogP contribution is 2.17. The summed E-state index contributed by atoms with van der Waals surface area (Å²) >= 11 is 3.38. The molecule has 0 bridgehead atoms. The molecule has 0 aliphatic carbocycles. The van der Waals surface area contributed by atoms with Crippen molar-refractivity contribution in [3.05, 3.63) is 46.2 Å². The van der Waals surface area contributed by atoms with Crippen LogP contribution in [0.4, 0.5) is 0 Å². The Bertz CT molecular complexity index is 811. The van der Waals surface area contributed by atoms with Crippen molar-refractivity contribution in [2.75, 3.05) is 6.61 Å². The molecule has 2 aromatic heterocycles. The Morgan fingerprint density at radius 1 is 1.35 bits per heavy atom. The molecule has 0 saturated carbocycles. The van der Waals surface area contributed by atoms with Gasteiger partial charge in [-0.1, -0.05) is 15.9 Å². The van der Waals surface area contributed by atoms with Crippen molar-refractivity contribution < 1.29 is 9.53 Å². The van der Waals surface area contributed by atoms with Crippen LogP contribution in [0.3, 0.4) is 0 Å². The number of nitrogens with one attached hydrogen (secondary N) is 1. The second kappa shape index (κ2) is 6.69. The zero-order valence-corrected chi connectivity index (χ0v) is 13.8.